The molecule has 2 aromatic rings. The van der Waals surface area contributed by atoms with Crippen LogP contribution in [-0.4, -0.2) is 38.6 Å². The molecule has 2 atom stereocenters. The van der Waals surface area contributed by atoms with Crippen LogP contribution in [0, 0.1) is 6.92 Å². The number of H-pyrrole nitrogens is 1. The van der Waals surface area contributed by atoms with Crippen molar-refractivity contribution in [1.29, 1.82) is 0 Å². The Kier molecular flexibility index (Phi) is 3.91. The molecule has 4 nitrogen and oxygen atoms in total. The van der Waals surface area contributed by atoms with Gasteiger partial charge in [0.05, 0.1) is 5.60 Å². The van der Waals surface area contributed by atoms with Gasteiger partial charge in [-0.05, 0) is 56.2 Å². The third kappa shape index (κ3) is 2.77. The van der Waals surface area contributed by atoms with Gasteiger partial charge in [0.15, 0.2) is 0 Å². The number of nitrogens with one attached hydrogen (secondary N) is 1. The molecule has 2 N–H and O–H groups in total. The Bertz CT molecular complexity index is 803. The fraction of sp³-hybridized carbons (Fsp3) is 0.571. The number of benzene rings is 1. The fourth-order valence-electron chi connectivity index (χ4n) is 4.91. The van der Waals surface area contributed by atoms with Crippen molar-refractivity contribution in [2.24, 2.45) is 0 Å². The smallest absolute Gasteiger partial charge is 0.223 e. The van der Waals surface area contributed by atoms with Crippen LogP contribution in [0.3, 0.4) is 0 Å². The number of rotatable bonds is 4. The van der Waals surface area contributed by atoms with E-state index < -0.39 is 5.60 Å². The summed E-state index contributed by atoms with van der Waals surface area (Å²) in [6.45, 7) is 6.36. The molecule has 2 aliphatic heterocycles. The summed E-state index contributed by atoms with van der Waals surface area (Å²) in [5.41, 5.74) is 3.10. The van der Waals surface area contributed by atoms with E-state index in [0.29, 0.717) is 6.42 Å². The average Bonchev–Trinajstić information content (AvgIpc) is 2.96. The predicted molar refractivity (Wildman–Crippen MR) is 99.6 cm³/mol. The number of carbonyl (C=O) groups is 1. The first-order valence-corrected chi connectivity index (χ1v) is 9.51. The molecule has 0 spiro atoms. The van der Waals surface area contributed by atoms with Gasteiger partial charge < -0.3 is 15.0 Å². The van der Waals surface area contributed by atoms with E-state index in [-0.39, 0.29) is 23.9 Å². The maximum Gasteiger partial charge on any atom is 0.223 e. The van der Waals surface area contributed by atoms with Gasteiger partial charge >= 0.3 is 0 Å². The Morgan fingerprint density at radius 2 is 2.16 bits per heavy atom. The SMILES string of the molecule is CCC1CC2(O)CC(C2)N1C(=O)CC(C)c1c[nH]c2ccc(C)cc12. The van der Waals surface area contributed by atoms with Crippen molar-refractivity contribution in [2.45, 2.75) is 76.5 Å². The van der Waals surface area contributed by atoms with E-state index in [2.05, 4.69) is 55.1 Å². The summed E-state index contributed by atoms with van der Waals surface area (Å²) in [7, 11) is 0. The Balaban J connectivity index is 1.52. The monoisotopic (exact) mass is 340 g/mol. The van der Waals surface area contributed by atoms with Crippen molar-refractivity contribution >= 4 is 16.8 Å². The number of aliphatic hydroxyl groups is 1. The van der Waals surface area contributed by atoms with Gasteiger partial charge in [-0.2, -0.15) is 0 Å². The molecule has 2 saturated heterocycles. The fourth-order valence-corrected chi connectivity index (χ4v) is 4.91. The summed E-state index contributed by atoms with van der Waals surface area (Å²) in [5.74, 6) is 0.426. The summed E-state index contributed by atoms with van der Waals surface area (Å²) in [5, 5.41) is 11.6. The third-order valence-corrected chi connectivity index (χ3v) is 6.27. The van der Waals surface area contributed by atoms with Crippen LogP contribution in [0.15, 0.2) is 24.4 Å². The Labute approximate surface area is 149 Å². The maximum absolute atomic E-state index is 13.0. The third-order valence-electron chi connectivity index (χ3n) is 6.27. The molecule has 3 aliphatic rings. The van der Waals surface area contributed by atoms with Gasteiger partial charge in [0.25, 0.3) is 0 Å². The lowest BCUT2D eigenvalue weighted by molar-refractivity contribution is -0.178. The lowest BCUT2D eigenvalue weighted by atomic mass is 9.66. The van der Waals surface area contributed by atoms with Crippen molar-refractivity contribution < 1.29 is 9.90 Å². The number of hydrogen-bond acceptors (Lipinski definition) is 2. The van der Waals surface area contributed by atoms with Gasteiger partial charge in [-0.3, -0.25) is 4.79 Å². The van der Waals surface area contributed by atoms with Crippen LogP contribution in [0.2, 0.25) is 0 Å². The Hall–Kier alpha value is -1.81. The van der Waals surface area contributed by atoms with E-state index in [1.165, 1.54) is 16.5 Å². The van der Waals surface area contributed by atoms with Crippen LogP contribution in [0.4, 0.5) is 0 Å². The highest BCUT2D eigenvalue weighted by Gasteiger charge is 2.54. The van der Waals surface area contributed by atoms with Gasteiger partial charge in [0, 0.05) is 35.6 Å². The molecule has 2 bridgehead atoms. The molecule has 1 saturated carbocycles. The zero-order chi connectivity index (χ0) is 17.8. The highest BCUT2D eigenvalue weighted by molar-refractivity contribution is 5.86. The molecule has 1 aromatic carbocycles. The molecular formula is C21H28N2O2. The van der Waals surface area contributed by atoms with Crippen LogP contribution in [-0.2, 0) is 4.79 Å². The van der Waals surface area contributed by atoms with E-state index in [4.69, 9.17) is 0 Å². The van der Waals surface area contributed by atoms with Gasteiger partial charge in [-0.25, -0.2) is 0 Å². The second kappa shape index (κ2) is 5.87. The number of aryl methyl sites for hydroxylation is 1. The molecule has 3 heterocycles. The minimum atomic E-state index is -0.498. The van der Waals surface area contributed by atoms with Crippen LogP contribution in [0.1, 0.15) is 63.0 Å². The first kappa shape index (κ1) is 16.6. The molecule has 0 radical (unpaired) electrons. The van der Waals surface area contributed by atoms with Crippen molar-refractivity contribution in [2.75, 3.05) is 0 Å². The van der Waals surface area contributed by atoms with E-state index in [1.807, 2.05) is 0 Å². The normalized spacial score (nSPS) is 29.5. The molecular weight excluding hydrogens is 312 g/mol. The van der Waals surface area contributed by atoms with Crippen molar-refractivity contribution in [1.82, 2.24) is 9.88 Å². The summed E-state index contributed by atoms with van der Waals surface area (Å²) in [6.07, 6.45) is 5.77. The lowest BCUT2D eigenvalue weighted by Crippen LogP contribution is -2.67. The van der Waals surface area contributed by atoms with E-state index >= 15 is 0 Å². The largest absolute Gasteiger partial charge is 0.390 e. The number of piperidine rings is 2. The van der Waals surface area contributed by atoms with Crippen molar-refractivity contribution in [3.8, 4) is 0 Å². The first-order chi connectivity index (χ1) is 11.9. The van der Waals surface area contributed by atoms with Crippen molar-refractivity contribution in [3.63, 3.8) is 0 Å². The lowest BCUT2D eigenvalue weighted by Gasteiger charge is -2.58. The molecule has 134 valence electrons. The van der Waals surface area contributed by atoms with E-state index in [1.54, 1.807) is 0 Å². The number of fused-ring (bicyclic) bond motifs is 3. The van der Waals surface area contributed by atoms with Crippen LogP contribution >= 0.6 is 0 Å². The molecule has 1 amide bonds. The maximum atomic E-state index is 13.0. The molecule has 2 unspecified atom stereocenters. The standard InChI is InChI=1S/C21H28N2O2/c1-4-15-9-21(25)10-16(11-21)23(15)20(24)8-14(3)18-12-22-19-6-5-13(2)7-17(18)19/h5-7,12,14-16,22,25H,4,8-11H2,1-3H3. The van der Waals surface area contributed by atoms with Gasteiger partial charge in [-0.15, -0.1) is 0 Å². The first-order valence-electron chi connectivity index (χ1n) is 9.51. The zero-order valence-electron chi connectivity index (χ0n) is 15.4. The van der Waals surface area contributed by atoms with Gasteiger partial charge in [0.2, 0.25) is 5.91 Å². The van der Waals surface area contributed by atoms with Crippen LogP contribution < -0.4 is 0 Å². The average molecular weight is 340 g/mol. The highest BCUT2D eigenvalue weighted by Crippen LogP contribution is 2.47. The topological polar surface area (TPSA) is 56.3 Å². The summed E-state index contributed by atoms with van der Waals surface area (Å²) >= 11 is 0. The molecule has 1 aromatic heterocycles. The van der Waals surface area contributed by atoms with E-state index in [0.717, 1.165) is 31.2 Å². The number of nitrogens with zero attached hydrogens (tertiary/aromatic N) is 1. The summed E-state index contributed by atoms with van der Waals surface area (Å²) < 4.78 is 0. The van der Waals surface area contributed by atoms with Gasteiger partial charge in [-0.1, -0.05) is 25.5 Å². The summed E-state index contributed by atoms with van der Waals surface area (Å²) in [4.78, 5) is 18.5. The molecule has 5 rings (SSSR count). The quantitative estimate of drug-likeness (QED) is 0.887. The molecule has 1 aliphatic carbocycles. The Morgan fingerprint density at radius 1 is 1.40 bits per heavy atom. The number of aromatic amines is 1. The minimum Gasteiger partial charge on any atom is -0.390 e. The van der Waals surface area contributed by atoms with Crippen LogP contribution in [0.5, 0.6) is 0 Å². The molecule has 3 fully saturated rings. The van der Waals surface area contributed by atoms with Crippen molar-refractivity contribution in [3.05, 3.63) is 35.5 Å². The second-order valence-corrected chi connectivity index (χ2v) is 8.25. The molecule has 4 heteroatoms. The molecule has 25 heavy (non-hydrogen) atoms. The highest BCUT2D eigenvalue weighted by atomic mass is 16.3. The Morgan fingerprint density at radius 3 is 2.88 bits per heavy atom. The number of aromatic nitrogens is 1. The van der Waals surface area contributed by atoms with E-state index in [9.17, 15) is 9.90 Å². The second-order valence-electron chi connectivity index (χ2n) is 8.25. The van der Waals surface area contributed by atoms with Crippen LogP contribution in [0.25, 0.3) is 10.9 Å². The summed E-state index contributed by atoms with van der Waals surface area (Å²) in [6, 6.07) is 6.85. The predicted octanol–water partition coefficient (Wildman–Crippen LogP) is 3.87. The zero-order valence-corrected chi connectivity index (χ0v) is 15.4. The number of carbonyl (C=O) groups excluding carboxylic acids is 1. The van der Waals surface area contributed by atoms with Gasteiger partial charge in [0.1, 0.15) is 0 Å². The number of hydrogen-bond donors (Lipinski definition) is 2. The number of amides is 1. The minimum absolute atomic E-state index is 0.182.